The summed E-state index contributed by atoms with van der Waals surface area (Å²) in [6.45, 7) is 1.11. The van der Waals surface area contributed by atoms with Gasteiger partial charge >= 0.3 is 0 Å². The van der Waals surface area contributed by atoms with Gasteiger partial charge in [-0.1, -0.05) is 11.6 Å². The Kier molecular flexibility index (Phi) is 4.72. The van der Waals surface area contributed by atoms with Gasteiger partial charge in [-0.2, -0.15) is 4.31 Å². The smallest absolute Gasteiger partial charge is 0.252 e. The minimum Gasteiger partial charge on any atom is -0.317 e. The predicted molar refractivity (Wildman–Crippen MR) is 77.9 cm³/mol. The molecule has 0 aromatic carbocycles. The third-order valence-electron chi connectivity index (χ3n) is 3.08. The molecule has 1 fully saturated rings. The van der Waals surface area contributed by atoms with Crippen molar-refractivity contribution in [3.8, 4) is 0 Å². The van der Waals surface area contributed by atoms with E-state index in [0.29, 0.717) is 32.1 Å². The molecule has 0 unspecified atom stereocenters. The van der Waals surface area contributed by atoms with Crippen LogP contribution < -0.4 is 5.32 Å². The summed E-state index contributed by atoms with van der Waals surface area (Å²) < 4.78 is 27.3. The lowest BCUT2D eigenvalue weighted by Crippen LogP contribution is -2.43. The molecule has 18 heavy (non-hydrogen) atoms. The van der Waals surface area contributed by atoms with Gasteiger partial charge in [-0.05, 0) is 41.9 Å². The first-order valence-corrected chi connectivity index (χ1v) is 9.00. The second-order valence-corrected chi connectivity index (χ2v) is 9.10. The summed E-state index contributed by atoms with van der Waals surface area (Å²) in [5, 5.41) is 3.63. The van der Waals surface area contributed by atoms with Crippen molar-refractivity contribution < 1.29 is 8.42 Å². The van der Waals surface area contributed by atoms with Crippen molar-refractivity contribution in [3.63, 3.8) is 0 Å². The van der Waals surface area contributed by atoms with Gasteiger partial charge in [0.1, 0.15) is 4.21 Å². The SMILES string of the molecule is CNC1CCN(S(=O)(=O)c2cc(Cl)c(Br)s2)CC1. The minimum absolute atomic E-state index is 0.308. The molecule has 4 nitrogen and oxygen atoms in total. The minimum atomic E-state index is -3.39. The molecule has 1 N–H and O–H groups in total. The van der Waals surface area contributed by atoms with Crippen LogP contribution in [0.2, 0.25) is 5.02 Å². The zero-order chi connectivity index (χ0) is 13.3. The molecule has 0 bridgehead atoms. The average molecular weight is 374 g/mol. The number of rotatable bonds is 3. The van der Waals surface area contributed by atoms with Gasteiger partial charge in [0.2, 0.25) is 0 Å². The van der Waals surface area contributed by atoms with Crippen LogP contribution in [0.5, 0.6) is 0 Å². The van der Waals surface area contributed by atoms with Crippen molar-refractivity contribution in [2.75, 3.05) is 20.1 Å². The van der Waals surface area contributed by atoms with Crippen LogP contribution in [-0.2, 0) is 10.0 Å². The number of thiophene rings is 1. The van der Waals surface area contributed by atoms with Crippen molar-refractivity contribution in [1.29, 1.82) is 0 Å². The largest absolute Gasteiger partial charge is 0.317 e. The number of sulfonamides is 1. The van der Waals surface area contributed by atoms with Crippen LogP contribution in [-0.4, -0.2) is 38.9 Å². The summed E-state index contributed by atoms with van der Waals surface area (Å²) >= 11 is 10.3. The van der Waals surface area contributed by atoms with E-state index in [0.717, 1.165) is 24.2 Å². The molecule has 0 radical (unpaired) electrons. The molecule has 8 heteroatoms. The fourth-order valence-corrected chi connectivity index (χ4v) is 5.99. The van der Waals surface area contributed by atoms with E-state index in [1.807, 2.05) is 7.05 Å². The zero-order valence-electron chi connectivity index (χ0n) is 9.82. The van der Waals surface area contributed by atoms with E-state index < -0.39 is 10.0 Å². The molecule has 1 saturated heterocycles. The second-order valence-electron chi connectivity index (χ2n) is 4.15. The lowest BCUT2D eigenvalue weighted by molar-refractivity contribution is 0.299. The fraction of sp³-hybridized carbons (Fsp3) is 0.600. The zero-order valence-corrected chi connectivity index (χ0v) is 13.8. The van der Waals surface area contributed by atoms with Crippen LogP contribution >= 0.6 is 38.9 Å². The Labute approximate surface area is 124 Å². The van der Waals surface area contributed by atoms with Crippen LogP contribution in [0.4, 0.5) is 0 Å². The maximum absolute atomic E-state index is 12.4. The van der Waals surface area contributed by atoms with Gasteiger partial charge in [0.25, 0.3) is 10.0 Å². The summed E-state index contributed by atoms with van der Waals surface area (Å²) in [5.41, 5.74) is 0. The van der Waals surface area contributed by atoms with Crippen LogP contribution in [0, 0.1) is 0 Å². The van der Waals surface area contributed by atoms with Gasteiger partial charge in [-0.15, -0.1) is 11.3 Å². The molecule has 102 valence electrons. The Balaban J connectivity index is 2.17. The van der Waals surface area contributed by atoms with E-state index in [2.05, 4.69) is 21.2 Å². The van der Waals surface area contributed by atoms with Gasteiger partial charge in [-0.25, -0.2) is 8.42 Å². The number of nitrogens with one attached hydrogen (secondary N) is 1. The van der Waals surface area contributed by atoms with E-state index in [9.17, 15) is 8.42 Å². The first kappa shape index (κ1) is 14.7. The van der Waals surface area contributed by atoms with E-state index in [4.69, 9.17) is 11.6 Å². The van der Waals surface area contributed by atoms with Crippen molar-refractivity contribution in [2.24, 2.45) is 0 Å². The molecule has 0 spiro atoms. The monoisotopic (exact) mass is 372 g/mol. The van der Waals surface area contributed by atoms with Crippen molar-refractivity contribution >= 4 is 48.9 Å². The molecule has 1 aliphatic heterocycles. The number of hydrogen-bond acceptors (Lipinski definition) is 4. The molecule has 0 aliphatic carbocycles. The third kappa shape index (κ3) is 2.91. The molecule has 0 atom stereocenters. The molecular weight excluding hydrogens is 360 g/mol. The summed E-state index contributed by atoms with van der Waals surface area (Å²) in [6, 6.07) is 1.92. The first-order valence-electron chi connectivity index (χ1n) is 5.57. The van der Waals surface area contributed by atoms with Crippen LogP contribution in [0.3, 0.4) is 0 Å². The number of piperidine rings is 1. The average Bonchev–Trinajstić information content (AvgIpc) is 2.70. The Morgan fingerprint density at radius 2 is 2.11 bits per heavy atom. The molecule has 0 saturated carbocycles. The van der Waals surface area contributed by atoms with E-state index in [1.165, 1.54) is 10.4 Å². The molecule has 1 aromatic heterocycles. The van der Waals surface area contributed by atoms with E-state index in [-0.39, 0.29) is 0 Å². The van der Waals surface area contributed by atoms with Crippen LogP contribution in [0.15, 0.2) is 14.1 Å². The maximum atomic E-state index is 12.4. The van der Waals surface area contributed by atoms with Crippen LogP contribution in [0.1, 0.15) is 12.8 Å². The van der Waals surface area contributed by atoms with Gasteiger partial charge in [0.05, 0.1) is 8.81 Å². The van der Waals surface area contributed by atoms with Crippen molar-refractivity contribution in [2.45, 2.75) is 23.1 Å². The number of hydrogen-bond donors (Lipinski definition) is 1. The van der Waals surface area contributed by atoms with E-state index in [1.54, 1.807) is 0 Å². The Hall–Kier alpha value is 0.340. The summed E-state index contributed by atoms with van der Waals surface area (Å²) in [5.74, 6) is 0. The third-order valence-corrected chi connectivity index (χ3v) is 7.90. The molecule has 0 amide bonds. The maximum Gasteiger partial charge on any atom is 0.252 e. The Morgan fingerprint density at radius 3 is 2.56 bits per heavy atom. The van der Waals surface area contributed by atoms with E-state index >= 15 is 0 Å². The molecule has 2 heterocycles. The molecular formula is C10H14BrClN2O2S2. The first-order chi connectivity index (χ1) is 8.45. The molecule has 2 rings (SSSR count). The standard InChI is InChI=1S/C10H14BrClN2O2S2/c1-13-7-2-4-14(5-3-7)18(15,16)9-6-8(12)10(11)17-9/h6-7,13H,2-5H2,1H3. The lowest BCUT2D eigenvalue weighted by Gasteiger charge is -2.30. The molecule has 1 aromatic rings. The highest BCUT2D eigenvalue weighted by Gasteiger charge is 2.30. The highest BCUT2D eigenvalue weighted by atomic mass is 79.9. The summed E-state index contributed by atoms with van der Waals surface area (Å²) in [4.78, 5) is 0. The summed E-state index contributed by atoms with van der Waals surface area (Å²) in [7, 11) is -1.48. The van der Waals surface area contributed by atoms with Crippen LogP contribution in [0.25, 0.3) is 0 Å². The Morgan fingerprint density at radius 1 is 1.50 bits per heavy atom. The lowest BCUT2D eigenvalue weighted by atomic mass is 10.1. The second kappa shape index (κ2) is 5.76. The highest BCUT2D eigenvalue weighted by molar-refractivity contribution is 9.11. The number of nitrogens with zero attached hydrogens (tertiary/aromatic N) is 1. The normalized spacial score (nSPS) is 19.3. The molecule has 1 aliphatic rings. The fourth-order valence-electron chi connectivity index (χ4n) is 1.97. The quantitative estimate of drug-likeness (QED) is 0.886. The van der Waals surface area contributed by atoms with Crippen molar-refractivity contribution in [1.82, 2.24) is 9.62 Å². The summed E-state index contributed by atoms with van der Waals surface area (Å²) in [6.07, 6.45) is 1.69. The topological polar surface area (TPSA) is 49.4 Å². The highest BCUT2D eigenvalue weighted by Crippen LogP contribution is 2.36. The predicted octanol–water partition coefficient (Wildman–Crippen LogP) is 2.54. The van der Waals surface area contributed by atoms with Crippen molar-refractivity contribution in [3.05, 3.63) is 14.9 Å². The number of halogens is 2. The van der Waals surface area contributed by atoms with Gasteiger partial charge in [0.15, 0.2) is 0 Å². The Bertz CT molecular complexity index is 504. The van der Waals surface area contributed by atoms with Gasteiger partial charge < -0.3 is 5.32 Å². The van der Waals surface area contributed by atoms with Gasteiger partial charge in [-0.3, -0.25) is 0 Å². The van der Waals surface area contributed by atoms with Gasteiger partial charge in [0, 0.05) is 19.1 Å².